The summed E-state index contributed by atoms with van der Waals surface area (Å²) < 4.78 is 3.17. The molecule has 0 atom stereocenters. The predicted octanol–water partition coefficient (Wildman–Crippen LogP) is -1.54. The van der Waals surface area contributed by atoms with Gasteiger partial charge >= 0.3 is 5.91 Å². The summed E-state index contributed by atoms with van der Waals surface area (Å²) in [5, 5.41) is 17.1. The van der Waals surface area contributed by atoms with Crippen molar-refractivity contribution in [3.63, 3.8) is 0 Å². The van der Waals surface area contributed by atoms with Gasteiger partial charge in [-0.15, -0.1) is 0 Å². The molecule has 0 aromatic rings. The fourth-order valence-corrected chi connectivity index (χ4v) is 0.947. The Hall–Kier alpha value is -0.260. The lowest BCUT2D eigenvalue weighted by Crippen LogP contribution is -2.37. The van der Waals surface area contributed by atoms with Gasteiger partial charge < -0.3 is 10.2 Å². The Morgan fingerprint density at radius 1 is 1.75 bits per heavy atom. The van der Waals surface area contributed by atoms with Gasteiger partial charge in [0.15, 0.2) is 0 Å². The molecular weight excluding hydrogens is 130 g/mol. The van der Waals surface area contributed by atoms with Gasteiger partial charge in [-0.05, 0) is 11.9 Å². The van der Waals surface area contributed by atoms with Gasteiger partial charge in [0.25, 0.3) is 5.79 Å². The molecular formula is C3H4NO3S. The highest BCUT2D eigenvalue weighted by Crippen LogP contribution is 2.17. The summed E-state index contributed by atoms with van der Waals surface area (Å²) in [6, 6.07) is 0. The van der Waals surface area contributed by atoms with E-state index in [9.17, 15) is 4.79 Å². The number of amides is 1. The lowest BCUT2D eigenvalue weighted by Gasteiger charge is -2.05. The molecule has 1 heterocycles. The molecule has 0 aliphatic carbocycles. The van der Waals surface area contributed by atoms with Crippen LogP contribution in [-0.2, 0) is 4.79 Å². The van der Waals surface area contributed by atoms with Crippen molar-refractivity contribution >= 4 is 17.9 Å². The van der Waals surface area contributed by atoms with E-state index in [-0.39, 0.29) is 5.75 Å². The third kappa shape index (κ3) is 0.795. The third-order valence-corrected chi connectivity index (χ3v) is 1.58. The summed E-state index contributed by atoms with van der Waals surface area (Å²) in [5.41, 5.74) is 0. The fraction of sp³-hybridized carbons (Fsp3) is 0.667. The number of nitrogens with zero attached hydrogens (tertiary/aromatic N) is 1. The minimum absolute atomic E-state index is 0.0498. The highest BCUT2D eigenvalue weighted by molar-refractivity contribution is 7.98. The van der Waals surface area contributed by atoms with Gasteiger partial charge in [0, 0.05) is 0 Å². The Bertz CT molecular complexity index is 124. The van der Waals surface area contributed by atoms with Crippen LogP contribution in [0, 0.1) is 0 Å². The van der Waals surface area contributed by atoms with E-state index in [0.29, 0.717) is 0 Å². The number of rotatable bonds is 0. The summed E-state index contributed by atoms with van der Waals surface area (Å²) in [6.45, 7) is 0. The monoisotopic (exact) mass is 134 g/mol. The van der Waals surface area contributed by atoms with Crippen molar-refractivity contribution in [3.8, 4) is 0 Å². The fourth-order valence-electron chi connectivity index (χ4n) is 0.316. The van der Waals surface area contributed by atoms with E-state index in [0.717, 1.165) is 11.9 Å². The standard InChI is InChI=1S/C3H4NO3S/c5-2-3(6,7)1-8-4-2/h6-7H,1H2. The van der Waals surface area contributed by atoms with Crippen LogP contribution in [-0.4, -0.2) is 27.7 Å². The van der Waals surface area contributed by atoms with Crippen molar-refractivity contribution < 1.29 is 15.0 Å². The number of carbonyl (C=O) groups is 1. The summed E-state index contributed by atoms with van der Waals surface area (Å²) >= 11 is 0.865. The molecule has 1 aliphatic rings. The molecule has 45 valence electrons. The topological polar surface area (TPSA) is 71.6 Å². The maximum atomic E-state index is 10.2. The lowest BCUT2D eigenvalue weighted by molar-refractivity contribution is -0.171. The molecule has 1 fully saturated rings. The Labute approximate surface area is 50.0 Å². The average Bonchev–Trinajstić information content (AvgIpc) is 1.86. The highest BCUT2D eigenvalue weighted by Gasteiger charge is 2.40. The van der Waals surface area contributed by atoms with Crippen molar-refractivity contribution in [2.24, 2.45) is 0 Å². The summed E-state index contributed by atoms with van der Waals surface area (Å²) in [6.07, 6.45) is 0. The normalized spacial score (nSPS) is 25.5. The van der Waals surface area contributed by atoms with Crippen molar-refractivity contribution in [3.05, 3.63) is 0 Å². The smallest absolute Gasteiger partial charge is 0.313 e. The van der Waals surface area contributed by atoms with E-state index in [2.05, 4.69) is 4.72 Å². The number of hydrogen-bond acceptors (Lipinski definition) is 4. The Kier molecular flexibility index (Phi) is 1.18. The van der Waals surface area contributed by atoms with Crippen molar-refractivity contribution in [1.29, 1.82) is 0 Å². The second-order valence-electron chi connectivity index (χ2n) is 1.49. The van der Waals surface area contributed by atoms with E-state index < -0.39 is 11.7 Å². The van der Waals surface area contributed by atoms with Crippen LogP contribution in [0.2, 0.25) is 0 Å². The second-order valence-corrected chi connectivity index (χ2v) is 2.22. The molecule has 1 aliphatic heterocycles. The SMILES string of the molecule is O=C1[N]SCC1(O)O. The van der Waals surface area contributed by atoms with Crippen LogP contribution in [0.5, 0.6) is 0 Å². The minimum atomic E-state index is -2.19. The van der Waals surface area contributed by atoms with Crippen LogP contribution in [0.15, 0.2) is 0 Å². The molecule has 5 heteroatoms. The molecule has 0 aromatic carbocycles. The summed E-state index contributed by atoms with van der Waals surface area (Å²) in [7, 11) is 0. The van der Waals surface area contributed by atoms with Crippen LogP contribution in [0.3, 0.4) is 0 Å². The Morgan fingerprint density at radius 3 is 2.50 bits per heavy atom. The van der Waals surface area contributed by atoms with E-state index in [1.807, 2.05) is 0 Å². The molecule has 1 saturated heterocycles. The number of aliphatic hydroxyl groups is 2. The molecule has 0 saturated carbocycles. The average molecular weight is 134 g/mol. The van der Waals surface area contributed by atoms with Gasteiger partial charge in [-0.25, -0.2) is 0 Å². The van der Waals surface area contributed by atoms with Gasteiger partial charge in [-0.2, -0.15) is 4.72 Å². The zero-order valence-corrected chi connectivity index (χ0v) is 4.68. The maximum Gasteiger partial charge on any atom is 0.313 e. The van der Waals surface area contributed by atoms with Gasteiger partial charge in [0.2, 0.25) is 0 Å². The first-order chi connectivity index (χ1) is 3.63. The second kappa shape index (κ2) is 1.61. The first kappa shape index (κ1) is 5.87. The lowest BCUT2D eigenvalue weighted by atomic mass is 10.3. The Balaban J connectivity index is 2.68. The first-order valence-corrected chi connectivity index (χ1v) is 2.89. The van der Waals surface area contributed by atoms with Crippen LogP contribution in [0.25, 0.3) is 0 Å². The zero-order valence-electron chi connectivity index (χ0n) is 3.87. The molecule has 0 unspecified atom stereocenters. The maximum absolute atomic E-state index is 10.2. The number of hydrogen-bond donors (Lipinski definition) is 2. The summed E-state index contributed by atoms with van der Waals surface area (Å²) in [5.74, 6) is -3.10. The minimum Gasteiger partial charge on any atom is -0.357 e. The highest BCUT2D eigenvalue weighted by atomic mass is 32.2. The quantitative estimate of drug-likeness (QED) is 0.311. The van der Waals surface area contributed by atoms with Gasteiger partial charge in [-0.3, -0.25) is 4.79 Å². The van der Waals surface area contributed by atoms with E-state index in [1.54, 1.807) is 0 Å². The zero-order chi connectivity index (χ0) is 6.20. The van der Waals surface area contributed by atoms with Crippen molar-refractivity contribution in [2.75, 3.05) is 5.75 Å². The van der Waals surface area contributed by atoms with E-state index in [1.165, 1.54) is 0 Å². The van der Waals surface area contributed by atoms with Gasteiger partial charge in [0.1, 0.15) is 0 Å². The largest absolute Gasteiger partial charge is 0.357 e. The molecule has 4 nitrogen and oxygen atoms in total. The van der Waals surface area contributed by atoms with Gasteiger partial charge in [0.05, 0.1) is 5.75 Å². The molecule has 8 heavy (non-hydrogen) atoms. The van der Waals surface area contributed by atoms with E-state index >= 15 is 0 Å². The van der Waals surface area contributed by atoms with Crippen LogP contribution in [0.1, 0.15) is 0 Å². The third-order valence-electron chi connectivity index (χ3n) is 0.756. The summed E-state index contributed by atoms with van der Waals surface area (Å²) in [4.78, 5) is 10.2. The molecule has 0 spiro atoms. The molecule has 1 rings (SSSR count). The molecule has 0 aromatic heterocycles. The van der Waals surface area contributed by atoms with Crippen LogP contribution >= 0.6 is 11.9 Å². The first-order valence-electron chi connectivity index (χ1n) is 1.95. The van der Waals surface area contributed by atoms with Crippen LogP contribution in [0.4, 0.5) is 0 Å². The van der Waals surface area contributed by atoms with Crippen molar-refractivity contribution in [1.82, 2.24) is 4.72 Å². The van der Waals surface area contributed by atoms with Gasteiger partial charge in [-0.1, -0.05) is 0 Å². The molecule has 2 N–H and O–H groups in total. The molecule has 1 amide bonds. The molecule has 0 bridgehead atoms. The molecule has 1 radical (unpaired) electrons. The Morgan fingerprint density at radius 2 is 2.38 bits per heavy atom. The van der Waals surface area contributed by atoms with Crippen LogP contribution < -0.4 is 4.72 Å². The predicted molar refractivity (Wildman–Crippen MR) is 26.8 cm³/mol. The number of carbonyl (C=O) groups excluding carboxylic acids is 1. The van der Waals surface area contributed by atoms with E-state index in [4.69, 9.17) is 10.2 Å². The van der Waals surface area contributed by atoms with Crippen molar-refractivity contribution in [2.45, 2.75) is 5.79 Å².